The number of carbonyl (C=O) groups is 1. The van der Waals surface area contributed by atoms with Gasteiger partial charge < -0.3 is 25.3 Å². The Hall–Kier alpha value is -1.95. The number of hydrogen-bond acceptors (Lipinski definition) is 5. The number of nitrogens with two attached hydrogens (primary N) is 1. The molecule has 0 spiro atoms. The van der Waals surface area contributed by atoms with Gasteiger partial charge >= 0.3 is 0 Å². The van der Waals surface area contributed by atoms with Crippen molar-refractivity contribution < 1.29 is 19.0 Å². The molecule has 21 heavy (non-hydrogen) atoms. The molecular weight excluding hydrogens is 272 g/mol. The van der Waals surface area contributed by atoms with Gasteiger partial charge in [-0.2, -0.15) is 0 Å². The second-order valence-corrected chi connectivity index (χ2v) is 5.07. The minimum Gasteiger partial charge on any atom is -0.493 e. The van der Waals surface area contributed by atoms with Gasteiger partial charge in [0.2, 0.25) is 11.7 Å². The summed E-state index contributed by atoms with van der Waals surface area (Å²) < 4.78 is 15.7. The molecule has 1 aromatic rings. The second kappa shape index (κ2) is 7.73. The molecule has 0 aromatic heterocycles. The molecule has 1 amide bonds. The maximum atomic E-state index is 12.0. The van der Waals surface area contributed by atoms with Crippen LogP contribution in [0.2, 0.25) is 0 Å². The van der Waals surface area contributed by atoms with Crippen LogP contribution in [0.4, 0.5) is 5.69 Å². The second-order valence-electron chi connectivity index (χ2n) is 5.07. The van der Waals surface area contributed by atoms with Crippen LogP contribution in [0.1, 0.15) is 20.3 Å². The third-order valence-electron chi connectivity index (χ3n) is 3.23. The summed E-state index contributed by atoms with van der Waals surface area (Å²) in [6.45, 7) is 3.97. The van der Waals surface area contributed by atoms with E-state index < -0.39 is 0 Å². The lowest BCUT2D eigenvalue weighted by molar-refractivity contribution is -0.116. The number of rotatable bonds is 7. The van der Waals surface area contributed by atoms with E-state index in [-0.39, 0.29) is 24.3 Å². The van der Waals surface area contributed by atoms with Crippen LogP contribution in [0.5, 0.6) is 17.2 Å². The van der Waals surface area contributed by atoms with Crippen molar-refractivity contribution >= 4 is 11.6 Å². The van der Waals surface area contributed by atoms with E-state index in [1.807, 2.05) is 13.8 Å². The number of carbonyl (C=O) groups excluding carboxylic acids is 1. The molecule has 1 atom stereocenters. The summed E-state index contributed by atoms with van der Waals surface area (Å²) in [6, 6.07) is 3.19. The largest absolute Gasteiger partial charge is 0.493 e. The number of methoxy groups -OCH3 is 3. The first-order chi connectivity index (χ1) is 9.92. The molecule has 0 aliphatic rings. The Labute approximate surface area is 125 Å². The summed E-state index contributed by atoms with van der Waals surface area (Å²) in [5.41, 5.74) is 6.47. The Kier molecular flexibility index (Phi) is 6.30. The van der Waals surface area contributed by atoms with Crippen molar-refractivity contribution in [2.24, 2.45) is 11.7 Å². The Balaban J connectivity index is 2.91. The highest BCUT2D eigenvalue weighted by Gasteiger charge is 2.16. The van der Waals surface area contributed by atoms with E-state index in [9.17, 15) is 4.79 Å². The van der Waals surface area contributed by atoms with Crippen LogP contribution in [0.25, 0.3) is 0 Å². The number of amides is 1. The summed E-state index contributed by atoms with van der Waals surface area (Å²) in [5, 5.41) is 2.79. The van der Waals surface area contributed by atoms with Crippen LogP contribution in [-0.4, -0.2) is 33.3 Å². The van der Waals surface area contributed by atoms with E-state index in [1.165, 1.54) is 21.3 Å². The molecule has 6 nitrogen and oxygen atoms in total. The van der Waals surface area contributed by atoms with E-state index in [1.54, 1.807) is 12.1 Å². The van der Waals surface area contributed by atoms with Gasteiger partial charge in [0, 0.05) is 30.3 Å². The molecular formula is C15H24N2O4. The van der Waals surface area contributed by atoms with Gasteiger partial charge in [-0.1, -0.05) is 13.8 Å². The average molecular weight is 296 g/mol. The third-order valence-corrected chi connectivity index (χ3v) is 3.23. The van der Waals surface area contributed by atoms with Crippen LogP contribution in [0.3, 0.4) is 0 Å². The van der Waals surface area contributed by atoms with Crippen LogP contribution in [-0.2, 0) is 4.79 Å². The van der Waals surface area contributed by atoms with Gasteiger partial charge in [0.05, 0.1) is 21.3 Å². The minimum atomic E-state index is -0.174. The van der Waals surface area contributed by atoms with E-state index in [4.69, 9.17) is 19.9 Å². The summed E-state index contributed by atoms with van der Waals surface area (Å²) in [4.78, 5) is 12.0. The fraction of sp³-hybridized carbons (Fsp3) is 0.533. The summed E-state index contributed by atoms with van der Waals surface area (Å²) in [5.74, 6) is 1.55. The predicted octanol–water partition coefficient (Wildman–Crippen LogP) is 2.02. The molecule has 6 heteroatoms. The maximum Gasteiger partial charge on any atom is 0.225 e. The lowest BCUT2D eigenvalue weighted by atomic mass is 10.0. The zero-order chi connectivity index (χ0) is 16.0. The fourth-order valence-corrected chi connectivity index (χ4v) is 1.82. The van der Waals surface area contributed by atoms with Crippen LogP contribution < -0.4 is 25.3 Å². The summed E-state index contributed by atoms with van der Waals surface area (Å²) >= 11 is 0. The number of hydrogen-bond donors (Lipinski definition) is 2. The Morgan fingerprint density at radius 2 is 1.67 bits per heavy atom. The molecule has 0 saturated heterocycles. The molecule has 0 heterocycles. The summed E-state index contributed by atoms with van der Waals surface area (Å²) in [6.07, 6.45) is 0.258. The molecule has 0 saturated carbocycles. The third kappa shape index (κ3) is 4.53. The lowest BCUT2D eigenvalue weighted by Gasteiger charge is -2.17. The predicted molar refractivity (Wildman–Crippen MR) is 82.2 cm³/mol. The molecule has 0 radical (unpaired) electrons. The van der Waals surface area contributed by atoms with Gasteiger partial charge in [-0.15, -0.1) is 0 Å². The minimum absolute atomic E-state index is 0.148. The topological polar surface area (TPSA) is 82.8 Å². The smallest absolute Gasteiger partial charge is 0.225 e. The number of benzene rings is 1. The van der Waals surface area contributed by atoms with E-state index in [0.29, 0.717) is 22.9 Å². The van der Waals surface area contributed by atoms with Gasteiger partial charge in [-0.25, -0.2) is 0 Å². The van der Waals surface area contributed by atoms with Crippen LogP contribution in [0.15, 0.2) is 12.1 Å². The first-order valence-corrected chi connectivity index (χ1v) is 6.78. The highest BCUT2D eigenvalue weighted by molar-refractivity contribution is 5.92. The highest BCUT2D eigenvalue weighted by Crippen LogP contribution is 2.39. The van der Waals surface area contributed by atoms with Gasteiger partial charge in [0.25, 0.3) is 0 Å². The normalized spacial score (nSPS) is 12.0. The molecule has 0 aliphatic carbocycles. The first kappa shape index (κ1) is 17.1. The lowest BCUT2D eigenvalue weighted by Crippen LogP contribution is -2.31. The maximum absolute atomic E-state index is 12.0. The molecule has 1 unspecified atom stereocenters. The van der Waals surface area contributed by atoms with Crippen molar-refractivity contribution in [1.82, 2.24) is 0 Å². The molecule has 0 aliphatic heterocycles. The molecule has 1 aromatic carbocycles. The van der Waals surface area contributed by atoms with Crippen molar-refractivity contribution in [1.29, 1.82) is 0 Å². The Morgan fingerprint density at radius 1 is 1.14 bits per heavy atom. The molecule has 0 fully saturated rings. The molecule has 1 rings (SSSR count). The monoisotopic (exact) mass is 296 g/mol. The molecule has 118 valence electrons. The van der Waals surface area contributed by atoms with Crippen molar-refractivity contribution in [2.75, 3.05) is 26.6 Å². The standard InChI is InChI=1S/C15H24N2O4/c1-9(2)11(16)8-14(18)17-10-6-12(19-3)15(21-5)13(7-10)20-4/h6-7,9,11H,8,16H2,1-5H3,(H,17,18). The Morgan fingerprint density at radius 3 is 2.05 bits per heavy atom. The van der Waals surface area contributed by atoms with Gasteiger partial charge in [-0.05, 0) is 5.92 Å². The zero-order valence-electron chi connectivity index (χ0n) is 13.2. The van der Waals surface area contributed by atoms with Crippen LogP contribution in [0, 0.1) is 5.92 Å². The van der Waals surface area contributed by atoms with E-state index in [0.717, 1.165) is 0 Å². The molecule has 3 N–H and O–H groups in total. The van der Waals surface area contributed by atoms with Crippen molar-refractivity contribution in [3.05, 3.63) is 12.1 Å². The van der Waals surface area contributed by atoms with Gasteiger partial charge in [0.1, 0.15) is 0 Å². The zero-order valence-corrected chi connectivity index (χ0v) is 13.2. The van der Waals surface area contributed by atoms with E-state index >= 15 is 0 Å². The SMILES string of the molecule is COc1cc(NC(=O)CC(N)C(C)C)cc(OC)c1OC. The van der Waals surface area contributed by atoms with Crippen molar-refractivity contribution in [3.63, 3.8) is 0 Å². The van der Waals surface area contributed by atoms with Crippen LogP contribution >= 0.6 is 0 Å². The number of nitrogens with one attached hydrogen (secondary N) is 1. The number of anilines is 1. The van der Waals surface area contributed by atoms with Crippen molar-refractivity contribution in [2.45, 2.75) is 26.3 Å². The van der Waals surface area contributed by atoms with Crippen molar-refractivity contribution in [3.8, 4) is 17.2 Å². The number of ether oxygens (including phenoxy) is 3. The van der Waals surface area contributed by atoms with Gasteiger partial charge in [0.15, 0.2) is 11.5 Å². The van der Waals surface area contributed by atoms with E-state index in [2.05, 4.69) is 5.32 Å². The first-order valence-electron chi connectivity index (χ1n) is 6.78. The van der Waals surface area contributed by atoms with Gasteiger partial charge in [-0.3, -0.25) is 4.79 Å². The molecule has 0 bridgehead atoms. The summed E-state index contributed by atoms with van der Waals surface area (Å²) in [7, 11) is 4.58. The fourth-order valence-electron chi connectivity index (χ4n) is 1.82. The highest BCUT2D eigenvalue weighted by atomic mass is 16.5. The quantitative estimate of drug-likeness (QED) is 0.804. The Bertz CT molecular complexity index is 464. The average Bonchev–Trinajstić information content (AvgIpc) is 2.45.